The van der Waals surface area contributed by atoms with Crippen molar-refractivity contribution >= 4 is 45.9 Å². The zero-order valence-electron chi connectivity index (χ0n) is 18.7. The van der Waals surface area contributed by atoms with Crippen LogP contribution in [0.4, 0.5) is 0 Å². The predicted octanol–water partition coefficient (Wildman–Crippen LogP) is 4.53. The molecule has 0 unspecified atom stereocenters. The average Bonchev–Trinajstić information content (AvgIpc) is 2.86. The zero-order valence-corrected chi connectivity index (χ0v) is 20.2. The summed E-state index contributed by atoms with van der Waals surface area (Å²) in [5.74, 6) is 0.0231. The highest BCUT2D eigenvalue weighted by Crippen LogP contribution is 2.30. The number of carbonyl (C=O) groups is 2. The van der Waals surface area contributed by atoms with E-state index in [0.717, 1.165) is 27.7 Å². The minimum Gasteiger partial charge on any atom is -0.378 e. The largest absolute Gasteiger partial charge is 0.378 e. The number of nitrogens with zero attached hydrogens (tertiary/aromatic N) is 3. The van der Waals surface area contributed by atoms with Gasteiger partial charge in [-0.3, -0.25) is 14.6 Å². The van der Waals surface area contributed by atoms with E-state index in [1.54, 1.807) is 12.1 Å². The van der Waals surface area contributed by atoms with E-state index < -0.39 is 0 Å². The summed E-state index contributed by atoms with van der Waals surface area (Å²) in [5.41, 5.74) is 4.14. The Balaban J connectivity index is 1.42. The Hall–Kier alpha value is -2.67. The van der Waals surface area contributed by atoms with Crippen LogP contribution in [-0.4, -0.2) is 59.4 Å². The fourth-order valence-corrected chi connectivity index (χ4v) is 5.20. The van der Waals surface area contributed by atoms with Crippen LogP contribution in [0.1, 0.15) is 33.6 Å². The lowest BCUT2D eigenvalue weighted by atomic mass is 9.94. The van der Waals surface area contributed by atoms with E-state index >= 15 is 0 Å². The summed E-state index contributed by atoms with van der Waals surface area (Å²) < 4.78 is 5.44. The molecule has 2 aromatic carbocycles. The normalized spacial score (nSPS) is 15.9. The fourth-order valence-electron chi connectivity index (χ4n) is 4.70. The molecule has 0 radical (unpaired) electrons. The second-order valence-corrected chi connectivity index (χ2v) is 9.48. The Labute approximate surface area is 208 Å². The van der Waals surface area contributed by atoms with Crippen molar-refractivity contribution in [2.24, 2.45) is 0 Å². The third-order valence-corrected chi connectivity index (χ3v) is 7.12. The maximum absolute atomic E-state index is 13.7. The minimum absolute atomic E-state index is 0.0135. The number of carbonyl (C=O) groups excluding carboxylic acids is 2. The molecule has 0 atom stereocenters. The number of fused-ring (bicyclic) bond motifs is 2. The maximum Gasteiger partial charge on any atom is 0.255 e. The number of rotatable bonds is 4. The third kappa shape index (κ3) is 4.63. The maximum atomic E-state index is 13.7. The molecule has 176 valence electrons. The molecule has 2 amide bonds. The van der Waals surface area contributed by atoms with E-state index in [9.17, 15) is 9.59 Å². The van der Waals surface area contributed by atoms with Gasteiger partial charge in [-0.1, -0.05) is 47.5 Å². The molecule has 2 aliphatic rings. The van der Waals surface area contributed by atoms with Gasteiger partial charge in [-0.2, -0.15) is 0 Å². The molecule has 1 saturated heterocycles. The molecule has 2 aliphatic heterocycles. The smallest absolute Gasteiger partial charge is 0.255 e. The van der Waals surface area contributed by atoms with E-state index in [4.69, 9.17) is 32.9 Å². The number of hydrogen-bond donors (Lipinski definition) is 0. The van der Waals surface area contributed by atoms with Crippen LogP contribution >= 0.6 is 23.2 Å². The van der Waals surface area contributed by atoms with Gasteiger partial charge in [0.05, 0.1) is 24.3 Å². The standard InChI is InChI=1S/C26H25Cl2N3O3/c27-18-7-5-17(21(28)15-18)6-8-24(32)31-10-9-23-20(16-31)25(19-3-1-2-4-22(19)29-23)26(33)30-11-13-34-14-12-30/h1-5,7,15H,6,8-14,16H2. The number of pyridine rings is 1. The topological polar surface area (TPSA) is 62.7 Å². The number of halogens is 2. The van der Waals surface area contributed by atoms with Crippen molar-refractivity contribution in [1.82, 2.24) is 14.8 Å². The minimum atomic E-state index is -0.0135. The number of hydrogen-bond acceptors (Lipinski definition) is 4. The van der Waals surface area contributed by atoms with Gasteiger partial charge in [0.15, 0.2) is 0 Å². The third-order valence-electron chi connectivity index (χ3n) is 6.53. The Bertz CT molecular complexity index is 1260. The number of benzene rings is 2. The second kappa shape index (κ2) is 9.90. The van der Waals surface area contributed by atoms with E-state index in [0.29, 0.717) is 74.3 Å². The molecule has 6 nitrogen and oxygen atoms in total. The summed E-state index contributed by atoms with van der Waals surface area (Å²) in [5, 5.41) is 1.98. The van der Waals surface area contributed by atoms with E-state index in [-0.39, 0.29) is 11.8 Å². The van der Waals surface area contributed by atoms with Crippen LogP contribution in [-0.2, 0) is 28.9 Å². The summed E-state index contributed by atoms with van der Waals surface area (Å²) >= 11 is 12.3. The van der Waals surface area contributed by atoms with Crippen LogP contribution in [0.2, 0.25) is 10.0 Å². The molecule has 1 fully saturated rings. The number of morpholine rings is 1. The summed E-state index contributed by atoms with van der Waals surface area (Å²) in [4.78, 5) is 35.3. The first-order valence-electron chi connectivity index (χ1n) is 11.5. The second-order valence-electron chi connectivity index (χ2n) is 8.63. The molecule has 34 heavy (non-hydrogen) atoms. The SMILES string of the molecule is O=C(CCc1ccc(Cl)cc1Cl)N1CCc2nc3ccccc3c(C(=O)N3CCOCC3)c2C1. The lowest BCUT2D eigenvalue weighted by molar-refractivity contribution is -0.132. The fraction of sp³-hybridized carbons (Fsp3) is 0.346. The summed E-state index contributed by atoms with van der Waals surface area (Å²) in [7, 11) is 0. The van der Waals surface area contributed by atoms with Crippen molar-refractivity contribution < 1.29 is 14.3 Å². The quantitative estimate of drug-likeness (QED) is 0.531. The van der Waals surface area contributed by atoms with E-state index in [1.165, 1.54) is 0 Å². The van der Waals surface area contributed by atoms with Crippen molar-refractivity contribution in [2.45, 2.75) is 25.8 Å². The number of aromatic nitrogens is 1. The zero-order chi connectivity index (χ0) is 23.7. The highest BCUT2D eigenvalue weighted by atomic mass is 35.5. The van der Waals surface area contributed by atoms with Crippen molar-refractivity contribution in [3.05, 3.63) is 74.9 Å². The van der Waals surface area contributed by atoms with Gasteiger partial charge in [0.1, 0.15) is 0 Å². The molecular weight excluding hydrogens is 473 g/mol. The van der Waals surface area contributed by atoms with Crippen molar-refractivity contribution in [3.63, 3.8) is 0 Å². The number of amides is 2. The highest BCUT2D eigenvalue weighted by molar-refractivity contribution is 6.35. The van der Waals surface area contributed by atoms with Gasteiger partial charge in [0, 0.05) is 65.7 Å². The molecule has 0 saturated carbocycles. The molecule has 3 aromatic rings. The first kappa shape index (κ1) is 23.1. The number of ether oxygens (including phenoxy) is 1. The van der Waals surface area contributed by atoms with Crippen LogP contribution in [0.5, 0.6) is 0 Å². The molecule has 3 heterocycles. The highest BCUT2D eigenvalue weighted by Gasteiger charge is 2.30. The number of aryl methyl sites for hydroxylation is 1. The Morgan fingerprint density at radius 3 is 2.59 bits per heavy atom. The summed E-state index contributed by atoms with van der Waals surface area (Å²) in [6.07, 6.45) is 1.50. The van der Waals surface area contributed by atoms with Gasteiger partial charge in [-0.15, -0.1) is 0 Å². The van der Waals surface area contributed by atoms with Crippen LogP contribution in [0.3, 0.4) is 0 Å². The Morgan fingerprint density at radius 1 is 1.00 bits per heavy atom. The lowest BCUT2D eigenvalue weighted by Crippen LogP contribution is -2.42. The lowest BCUT2D eigenvalue weighted by Gasteiger charge is -2.32. The monoisotopic (exact) mass is 497 g/mol. The van der Waals surface area contributed by atoms with Gasteiger partial charge in [0.2, 0.25) is 5.91 Å². The summed E-state index contributed by atoms with van der Waals surface area (Å²) in [6.45, 7) is 3.16. The summed E-state index contributed by atoms with van der Waals surface area (Å²) in [6, 6.07) is 13.1. The Kier molecular flexibility index (Phi) is 6.73. The molecule has 0 aliphatic carbocycles. The van der Waals surface area contributed by atoms with E-state index in [2.05, 4.69) is 0 Å². The van der Waals surface area contributed by atoms with Crippen molar-refractivity contribution in [3.8, 4) is 0 Å². The molecule has 5 rings (SSSR count). The van der Waals surface area contributed by atoms with Crippen LogP contribution in [0, 0.1) is 0 Å². The molecule has 0 N–H and O–H groups in total. The average molecular weight is 498 g/mol. The first-order chi connectivity index (χ1) is 16.5. The molecule has 8 heteroatoms. The van der Waals surface area contributed by atoms with Gasteiger partial charge in [-0.05, 0) is 30.2 Å². The van der Waals surface area contributed by atoms with Crippen LogP contribution < -0.4 is 0 Å². The molecule has 0 bridgehead atoms. The van der Waals surface area contributed by atoms with Crippen LogP contribution in [0.15, 0.2) is 42.5 Å². The van der Waals surface area contributed by atoms with Crippen molar-refractivity contribution in [1.29, 1.82) is 0 Å². The van der Waals surface area contributed by atoms with Crippen molar-refractivity contribution in [2.75, 3.05) is 32.8 Å². The van der Waals surface area contributed by atoms with Gasteiger partial charge >= 0.3 is 0 Å². The molecule has 1 aromatic heterocycles. The van der Waals surface area contributed by atoms with Gasteiger partial charge < -0.3 is 14.5 Å². The Morgan fingerprint density at radius 2 is 1.79 bits per heavy atom. The van der Waals surface area contributed by atoms with Gasteiger partial charge in [-0.25, -0.2) is 0 Å². The number of para-hydroxylation sites is 1. The van der Waals surface area contributed by atoms with Gasteiger partial charge in [0.25, 0.3) is 5.91 Å². The van der Waals surface area contributed by atoms with Crippen LogP contribution in [0.25, 0.3) is 10.9 Å². The molecular formula is C26H25Cl2N3O3. The first-order valence-corrected chi connectivity index (χ1v) is 12.3. The molecule has 0 spiro atoms. The van der Waals surface area contributed by atoms with E-state index in [1.807, 2.05) is 40.1 Å². The predicted molar refractivity (Wildman–Crippen MR) is 132 cm³/mol.